The summed E-state index contributed by atoms with van der Waals surface area (Å²) in [4.78, 5) is 24.3. The molecule has 0 bridgehead atoms. The third kappa shape index (κ3) is 2.11. The molecule has 0 unspecified atom stereocenters. The Morgan fingerprint density at radius 1 is 1.44 bits per heavy atom. The van der Waals surface area contributed by atoms with Crippen LogP contribution in [0.3, 0.4) is 0 Å². The van der Waals surface area contributed by atoms with Crippen LogP contribution in [0, 0.1) is 6.92 Å². The van der Waals surface area contributed by atoms with E-state index in [2.05, 4.69) is 10.6 Å². The van der Waals surface area contributed by atoms with Gasteiger partial charge in [0.1, 0.15) is 0 Å². The molecule has 6 heteroatoms. The van der Waals surface area contributed by atoms with Gasteiger partial charge in [0.05, 0.1) is 18.7 Å². The van der Waals surface area contributed by atoms with Gasteiger partial charge in [0.2, 0.25) is 0 Å². The summed E-state index contributed by atoms with van der Waals surface area (Å²) >= 11 is 1.51. The molecule has 5 nitrogen and oxygen atoms in total. The molecule has 2 heterocycles. The van der Waals surface area contributed by atoms with Gasteiger partial charge in [-0.25, -0.2) is 9.59 Å². The topological polar surface area (TPSA) is 67.4 Å². The lowest BCUT2D eigenvalue weighted by Gasteiger charge is -2.27. The van der Waals surface area contributed by atoms with Gasteiger partial charge in [-0.3, -0.25) is 0 Å². The SMILES string of the molecule is COC(=O)C1=C(C)NC(=O)N[C@H]1c1sccc1C. The van der Waals surface area contributed by atoms with E-state index in [4.69, 9.17) is 4.74 Å². The summed E-state index contributed by atoms with van der Waals surface area (Å²) in [5, 5.41) is 7.28. The standard InChI is InChI=1S/C12H14N2O3S/c1-6-4-5-18-10(6)9-8(11(15)17-3)7(2)13-12(16)14-9/h4-5,9H,1-3H3,(H2,13,14,16)/t9-/m1/s1. The van der Waals surface area contributed by atoms with Crippen molar-refractivity contribution in [2.24, 2.45) is 0 Å². The van der Waals surface area contributed by atoms with Gasteiger partial charge in [0.25, 0.3) is 0 Å². The number of amides is 2. The molecule has 1 aliphatic rings. The number of carbonyl (C=O) groups is 2. The number of nitrogens with one attached hydrogen (secondary N) is 2. The van der Waals surface area contributed by atoms with Crippen molar-refractivity contribution >= 4 is 23.3 Å². The van der Waals surface area contributed by atoms with Crippen LogP contribution >= 0.6 is 11.3 Å². The van der Waals surface area contributed by atoms with Gasteiger partial charge < -0.3 is 15.4 Å². The van der Waals surface area contributed by atoms with E-state index in [9.17, 15) is 9.59 Å². The van der Waals surface area contributed by atoms with Gasteiger partial charge in [0, 0.05) is 10.6 Å². The molecule has 1 aromatic heterocycles. The largest absolute Gasteiger partial charge is 0.466 e. The zero-order valence-electron chi connectivity index (χ0n) is 10.4. The molecule has 2 N–H and O–H groups in total. The number of carbonyl (C=O) groups excluding carboxylic acids is 2. The lowest BCUT2D eigenvalue weighted by Crippen LogP contribution is -2.45. The number of hydrogen-bond acceptors (Lipinski definition) is 4. The lowest BCUT2D eigenvalue weighted by atomic mass is 10.00. The lowest BCUT2D eigenvalue weighted by molar-refractivity contribution is -0.136. The highest BCUT2D eigenvalue weighted by Crippen LogP contribution is 2.32. The summed E-state index contributed by atoms with van der Waals surface area (Å²) in [6, 6.07) is 1.21. The van der Waals surface area contributed by atoms with Crippen LogP contribution in [0.1, 0.15) is 23.4 Å². The first-order valence-electron chi connectivity index (χ1n) is 5.45. The van der Waals surface area contributed by atoms with Gasteiger partial charge in [-0.1, -0.05) is 0 Å². The van der Waals surface area contributed by atoms with Gasteiger partial charge in [-0.2, -0.15) is 0 Å². The minimum Gasteiger partial charge on any atom is -0.466 e. The zero-order chi connectivity index (χ0) is 13.3. The molecule has 0 saturated heterocycles. The fourth-order valence-corrected chi connectivity index (χ4v) is 2.94. The second-order valence-electron chi connectivity index (χ2n) is 4.03. The molecule has 2 amide bonds. The van der Waals surface area contributed by atoms with Crippen LogP contribution < -0.4 is 10.6 Å². The van der Waals surface area contributed by atoms with Crippen LogP contribution in [0.2, 0.25) is 0 Å². The minimum absolute atomic E-state index is 0.307. The van der Waals surface area contributed by atoms with Crippen molar-refractivity contribution < 1.29 is 14.3 Å². The quantitative estimate of drug-likeness (QED) is 0.803. The summed E-state index contributed by atoms with van der Waals surface area (Å²) in [7, 11) is 1.33. The summed E-state index contributed by atoms with van der Waals surface area (Å²) in [6.45, 7) is 3.64. The first kappa shape index (κ1) is 12.6. The highest BCUT2D eigenvalue weighted by atomic mass is 32.1. The van der Waals surface area contributed by atoms with E-state index in [0.717, 1.165) is 10.4 Å². The van der Waals surface area contributed by atoms with E-state index in [1.165, 1.54) is 18.4 Å². The second kappa shape index (κ2) is 4.81. The van der Waals surface area contributed by atoms with E-state index in [1.807, 2.05) is 18.4 Å². The molecular formula is C12H14N2O3S. The number of hydrogen-bond donors (Lipinski definition) is 2. The number of allylic oxidation sites excluding steroid dienone is 1. The van der Waals surface area contributed by atoms with E-state index < -0.39 is 12.0 Å². The number of urea groups is 1. The summed E-state index contributed by atoms with van der Waals surface area (Å²) in [5.41, 5.74) is 2.02. The van der Waals surface area contributed by atoms with Crippen LogP contribution in [0.5, 0.6) is 0 Å². The summed E-state index contributed by atoms with van der Waals surface area (Å²) in [6.07, 6.45) is 0. The smallest absolute Gasteiger partial charge is 0.338 e. The Morgan fingerprint density at radius 3 is 2.72 bits per heavy atom. The molecule has 0 radical (unpaired) electrons. The third-order valence-corrected chi connectivity index (χ3v) is 3.92. The van der Waals surface area contributed by atoms with Crippen molar-refractivity contribution in [1.29, 1.82) is 0 Å². The van der Waals surface area contributed by atoms with Gasteiger partial charge in [0.15, 0.2) is 0 Å². The maximum Gasteiger partial charge on any atom is 0.338 e. The van der Waals surface area contributed by atoms with E-state index in [-0.39, 0.29) is 6.03 Å². The molecule has 1 aromatic rings. The molecule has 0 aromatic carbocycles. The Morgan fingerprint density at radius 2 is 2.17 bits per heavy atom. The number of ether oxygens (including phenoxy) is 1. The Kier molecular flexibility index (Phi) is 3.38. The van der Waals surface area contributed by atoms with E-state index >= 15 is 0 Å². The monoisotopic (exact) mass is 266 g/mol. The van der Waals surface area contributed by atoms with E-state index in [1.54, 1.807) is 6.92 Å². The normalized spacial score (nSPS) is 19.3. The maximum atomic E-state index is 11.8. The van der Waals surface area contributed by atoms with Crippen molar-refractivity contribution in [3.05, 3.63) is 33.2 Å². The number of thiophene rings is 1. The Labute approximate surface area is 109 Å². The fourth-order valence-electron chi connectivity index (χ4n) is 1.95. The van der Waals surface area contributed by atoms with Crippen LogP contribution in [-0.2, 0) is 9.53 Å². The van der Waals surface area contributed by atoms with Crippen molar-refractivity contribution in [2.45, 2.75) is 19.9 Å². The molecule has 0 aliphatic carbocycles. The highest BCUT2D eigenvalue weighted by Gasteiger charge is 2.33. The van der Waals surface area contributed by atoms with Gasteiger partial charge >= 0.3 is 12.0 Å². The second-order valence-corrected chi connectivity index (χ2v) is 4.98. The molecular weight excluding hydrogens is 252 g/mol. The third-order valence-electron chi connectivity index (χ3n) is 2.84. The van der Waals surface area contributed by atoms with Crippen molar-refractivity contribution in [2.75, 3.05) is 7.11 Å². The molecule has 1 atom stereocenters. The Balaban J connectivity index is 2.49. The molecule has 96 valence electrons. The van der Waals surface area contributed by atoms with Crippen molar-refractivity contribution in [1.82, 2.24) is 10.6 Å². The Hall–Kier alpha value is -1.82. The first-order valence-corrected chi connectivity index (χ1v) is 6.33. The molecule has 18 heavy (non-hydrogen) atoms. The Bertz CT molecular complexity index is 533. The minimum atomic E-state index is -0.439. The van der Waals surface area contributed by atoms with Crippen LogP contribution in [0.15, 0.2) is 22.7 Å². The summed E-state index contributed by atoms with van der Waals surface area (Å²) in [5.74, 6) is -0.433. The maximum absolute atomic E-state index is 11.8. The summed E-state index contributed by atoms with van der Waals surface area (Å²) < 4.78 is 4.78. The van der Waals surface area contributed by atoms with Crippen molar-refractivity contribution in [3.8, 4) is 0 Å². The fraction of sp³-hybridized carbons (Fsp3) is 0.333. The van der Waals surface area contributed by atoms with Crippen LogP contribution in [-0.4, -0.2) is 19.1 Å². The predicted octanol–water partition coefficient (Wildman–Crippen LogP) is 1.86. The molecule has 0 fully saturated rings. The molecule has 2 rings (SSSR count). The first-order chi connectivity index (χ1) is 8.54. The van der Waals surface area contributed by atoms with Crippen LogP contribution in [0.4, 0.5) is 4.79 Å². The average Bonchev–Trinajstić information content (AvgIpc) is 2.73. The average molecular weight is 266 g/mol. The predicted molar refractivity (Wildman–Crippen MR) is 68.2 cm³/mol. The molecule has 1 aliphatic heterocycles. The highest BCUT2D eigenvalue weighted by molar-refractivity contribution is 7.10. The molecule has 0 saturated carbocycles. The van der Waals surface area contributed by atoms with E-state index in [0.29, 0.717) is 11.3 Å². The van der Waals surface area contributed by atoms with Crippen LogP contribution in [0.25, 0.3) is 0 Å². The number of rotatable bonds is 2. The van der Waals surface area contributed by atoms with Crippen molar-refractivity contribution in [3.63, 3.8) is 0 Å². The number of methoxy groups -OCH3 is 1. The van der Waals surface area contributed by atoms with Gasteiger partial charge in [-0.05, 0) is 30.9 Å². The van der Waals surface area contributed by atoms with Gasteiger partial charge in [-0.15, -0.1) is 11.3 Å². The number of aryl methyl sites for hydroxylation is 1. The number of esters is 1. The molecule has 0 spiro atoms. The zero-order valence-corrected chi connectivity index (χ0v) is 11.2.